The Bertz CT molecular complexity index is 875. The number of carbonyl (C=O) groups excluding carboxylic acids is 2. The summed E-state index contributed by atoms with van der Waals surface area (Å²) in [5, 5.41) is 8.84. The number of carbonyl (C=O) groups is 2. The number of aryl methyl sites for hydroxylation is 2. The van der Waals surface area contributed by atoms with Gasteiger partial charge in [0.25, 0.3) is 5.91 Å². The first-order valence-electron chi connectivity index (χ1n) is 8.53. The molecular weight excluding hydrogens is 346 g/mol. The highest BCUT2D eigenvalue weighted by Crippen LogP contribution is 2.31. The lowest BCUT2D eigenvalue weighted by Gasteiger charge is -2.13. The van der Waals surface area contributed by atoms with Crippen LogP contribution >= 0.6 is 12.2 Å². The molecule has 1 fully saturated rings. The van der Waals surface area contributed by atoms with Crippen molar-refractivity contribution in [3.63, 3.8) is 0 Å². The number of benzene rings is 2. The predicted molar refractivity (Wildman–Crippen MR) is 107 cm³/mol. The Morgan fingerprint density at radius 2 is 1.73 bits per heavy atom. The molecule has 2 aromatic carbocycles. The van der Waals surface area contributed by atoms with Gasteiger partial charge in [-0.2, -0.15) is 0 Å². The fourth-order valence-corrected chi connectivity index (χ4v) is 2.79. The van der Waals surface area contributed by atoms with E-state index < -0.39 is 0 Å². The van der Waals surface area contributed by atoms with Crippen LogP contribution in [0.25, 0.3) is 0 Å². The molecule has 1 aliphatic rings. The zero-order chi connectivity index (χ0) is 18.7. The molecule has 0 atom stereocenters. The first-order valence-corrected chi connectivity index (χ1v) is 8.94. The van der Waals surface area contributed by atoms with Crippen LogP contribution < -0.4 is 16.0 Å². The van der Waals surface area contributed by atoms with Crippen LogP contribution in [0.5, 0.6) is 0 Å². The van der Waals surface area contributed by atoms with Gasteiger partial charge in [-0.25, -0.2) is 0 Å². The van der Waals surface area contributed by atoms with Crippen LogP contribution in [0.15, 0.2) is 42.5 Å². The summed E-state index contributed by atoms with van der Waals surface area (Å²) in [4.78, 5) is 24.3. The first kappa shape index (κ1) is 18.1. The molecule has 0 saturated heterocycles. The van der Waals surface area contributed by atoms with E-state index in [9.17, 15) is 9.59 Å². The molecule has 0 aliphatic heterocycles. The topological polar surface area (TPSA) is 70.2 Å². The molecule has 3 rings (SSSR count). The van der Waals surface area contributed by atoms with Crippen molar-refractivity contribution in [2.45, 2.75) is 26.7 Å². The first-order chi connectivity index (χ1) is 12.4. The van der Waals surface area contributed by atoms with Crippen molar-refractivity contribution in [2.24, 2.45) is 5.92 Å². The van der Waals surface area contributed by atoms with E-state index in [1.165, 1.54) is 0 Å². The Kier molecular flexibility index (Phi) is 5.32. The second-order valence-corrected chi connectivity index (χ2v) is 6.92. The third kappa shape index (κ3) is 4.46. The number of anilines is 2. The van der Waals surface area contributed by atoms with Gasteiger partial charge in [0.1, 0.15) is 0 Å². The van der Waals surface area contributed by atoms with Crippen molar-refractivity contribution in [1.82, 2.24) is 5.32 Å². The van der Waals surface area contributed by atoms with Gasteiger partial charge in [0, 0.05) is 22.9 Å². The normalized spacial score (nSPS) is 13.0. The summed E-state index contributed by atoms with van der Waals surface area (Å²) in [6.07, 6.45) is 1.91. The van der Waals surface area contributed by atoms with E-state index >= 15 is 0 Å². The van der Waals surface area contributed by atoms with Crippen molar-refractivity contribution >= 4 is 40.5 Å². The van der Waals surface area contributed by atoms with E-state index in [1.807, 2.05) is 50.2 Å². The molecule has 3 N–H and O–H groups in total. The highest BCUT2D eigenvalue weighted by Gasteiger charge is 2.29. The lowest BCUT2D eigenvalue weighted by molar-refractivity contribution is -0.117. The Morgan fingerprint density at radius 1 is 1.00 bits per heavy atom. The van der Waals surface area contributed by atoms with Gasteiger partial charge in [-0.05, 0) is 68.2 Å². The van der Waals surface area contributed by atoms with Crippen LogP contribution in [0, 0.1) is 19.8 Å². The maximum Gasteiger partial charge on any atom is 0.257 e. The van der Waals surface area contributed by atoms with Gasteiger partial charge in [-0.1, -0.05) is 24.3 Å². The summed E-state index contributed by atoms with van der Waals surface area (Å²) in [5.41, 5.74) is 3.89. The molecule has 1 saturated carbocycles. The van der Waals surface area contributed by atoms with Gasteiger partial charge in [0.05, 0.1) is 0 Å². The molecular formula is C20H21N3O2S. The summed E-state index contributed by atoms with van der Waals surface area (Å²) in [6, 6.07) is 12.9. The molecule has 26 heavy (non-hydrogen) atoms. The van der Waals surface area contributed by atoms with Gasteiger partial charge in [-0.15, -0.1) is 0 Å². The van der Waals surface area contributed by atoms with Gasteiger partial charge in [-0.3, -0.25) is 14.9 Å². The van der Waals surface area contributed by atoms with Gasteiger partial charge in [0.15, 0.2) is 5.11 Å². The molecule has 0 spiro atoms. The molecule has 0 bridgehead atoms. The Labute approximate surface area is 158 Å². The molecule has 6 heteroatoms. The van der Waals surface area contributed by atoms with Crippen molar-refractivity contribution in [2.75, 3.05) is 10.6 Å². The number of nitrogens with one attached hydrogen (secondary N) is 3. The summed E-state index contributed by atoms with van der Waals surface area (Å²) in [6.45, 7) is 3.81. The maximum absolute atomic E-state index is 12.3. The van der Waals surface area contributed by atoms with Crippen LogP contribution in [-0.4, -0.2) is 16.9 Å². The third-order valence-electron chi connectivity index (χ3n) is 4.32. The maximum atomic E-state index is 12.3. The van der Waals surface area contributed by atoms with Crippen molar-refractivity contribution in [1.29, 1.82) is 0 Å². The van der Waals surface area contributed by atoms with E-state index in [-0.39, 0.29) is 22.8 Å². The zero-order valence-corrected chi connectivity index (χ0v) is 15.6. The summed E-state index contributed by atoms with van der Waals surface area (Å²) in [5.74, 6) is -0.0591. The number of rotatable bonds is 4. The van der Waals surface area contributed by atoms with Crippen LogP contribution in [0.3, 0.4) is 0 Å². The average Bonchev–Trinajstić information content (AvgIpc) is 3.43. The lowest BCUT2D eigenvalue weighted by Crippen LogP contribution is -2.34. The number of hydrogen-bond acceptors (Lipinski definition) is 3. The fourth-order valence-electron chi connectivity index (χ4n) is 2.58. The lowest BCUT2D eigenvalue weighted by atomic mass is 10.1. The van der Waals surface area contributed by atoms with Crippen LogP contribution in [0.1, 0.15) is 34.3 Å². The summed E-state index contributed by atoms with van der Waals surface area (Å²) in [7, 11) is 0. The van der Waals surface area contributed by atoms with Crippen LogP contribution in [-0.2, 0) is 4.79 Å². The third-order valence-corrected chi connectivity index (χ3v) is 4.52. The number of thiocarbonyl (C=S) groups is 1. The number of hydrogen-bond donors (Lipinski definition) is 3. The molecule has 134 valence electrons. The highest BCUT2D eigenvalue weighted by molar-refractivity contribution is 7.80. The van der Waals surface area contributed by atoms with E-state index in [0.717, 1.165) is 29.7 Å². The van der Waals surface area contributed by atoms with Gasteiger partial charge < -0.3 is 10.6 Å². The quantitative estimate of drug-likeness (QED) is 0.719. The van der Waals surface area contributed by atoms with E-state index in [4.69, 9.17) is 12.2 Å². The molecule has 0 radical (unpaired) electrons. The van der Waals surface area contributed by atoms with Crippen molar-refractivity contribution in [3.8, 4) is 0 Å². The highest BCUT2D eigenvalue weighted by atomic mass is 32.1. The molecule has 2 amide bonds. The Balaban J connectivity index is 1.64. The fraction of sp³-hybridized carbons (Fsp3) is 0.250. The van der Waals surface area contributed by atoms with Gasteiger partial charge in [0.2, 0.25) is 5.91 Å². The minimum atomic E-state index is -0.255. The van der Waals surface area contributed by atoms with Crippen LogP contribution in [0.2, 0.25) is 0 Å². The SMILES string of the molecule is Cc1ccc(NC(=S)NC(=O)c2ccccc2C)cc1NC(=O)C1CC1. The molecule has 2 aromatic rings. The molecule has 0 aromatic heterocycles. The molecule has 5 nitrogen and oxygen atoms in total. The predicted octanol–water partition coefficient (Wildman–Crippen LogP) is 3.78. The minimum absolute atomic E-state index is 0.0562. The largest absolute Gasteiger partial charge is 0.332 e. The van der Waals surface area contributed by atoms with E-state index in [2.05, 4.69) is 16.0 Å². The van der Waals surface area contributed by atoms with E-state index in [0.29, 0.717) is 11.3 Å². The van der Waals surface area contributed by atoms with E-state index in [1.54, 1.807) is 6.07 Å². The standard InChI is InChI=1S/C20H21N3O2S/c1-12-5-3-4-6-16(12)19(25)23-20(26)21-15-10-7-13(2)17(11-15)22-18(24)14-8-9-14/h3-7,10-11,14H,8-9H2,1-2H3,(H,22,24)(H2,21,23,25,26). The van der Waals surface area contributed by atoms with Gasteiger partial charge >= 0.3 is 0 Å². The minimum Gasteiger partial charge on any atom is -0.332 e. The Morgan fingerprint density at radius 3 is 2.42 bits per heavy atom. The average molecular weight is 367 g/mol. The molecule has 0 unspecified atom stereocenters. The zero-order valence-electron chi connectivity index (χ0n) is 14.8. The van der Waals surface area contributed by atoms with Crippen LogP contribution in [0.4, 0.5) is 11.4 Å². The second kappa shape index (κ2) is 7.66. The summed E-state index contributed by atoms with van der Waals surface area (Å²) < 4.78 is 0. The number of amides is 2. The second-order valence-electron chi connectivity index (χ2n) is 6.52. The smallest absolute Gasteiger partial charge is 0.257 e. The Hall–Kier alpha value is -2.73. The molecule has 1 aliphatic carbocycles. The van der Waals surface area contributed by atoms with Crippen molar-refractivity contribution in [3.05, 3.63) is 59.2 Å². The van der Waals surface area contributed by atoms with Crippen molar-refractivity contribution < 1.29 is 9.59 Å². The summed E-state index contributed by atoms with van der Waals surface area (Å²) >= 11 is 5.24. The molecule has 0 heterocycles. The monoisotopic (exact) mass is 367 g/mol.